The van der Waals surface area contributed by atoms with Gasteiger partial charge in [0.2, 0.25) is 5.91 Å². The Bertz CT molecular complexity index is 886. The average Bonchev–Trinajstić information content (AvgIpc) is 3.10. The third-order valence-corrected chi connectivity index (χ3v) is 5.94. The molecule has 7 nitrogen and oxygen atoms in total. The van der Waals surface area contributed by atoms with Gasteiger partial charge in [0.25, 0.3) is 0 Å². The first-order chi connectivity index (χ1) is 11.3. The molecule has 1 atom stereocenters. The van der Waals surface area contributed by atoms with E-state index in [1.165, 1.54) is 0 Å². The van der Waals surface area contributed by atoms with Crippen molar-refractivity contribution in [1.82, 2.24) is 15.5 Å². The van der Waals surface area contributed by atoms with E-state index in [2.05, 4.69) is 20.8 Å². The lowest BCUT2D eigenvalue weighted by molar-refractivity contribution is -0.118. The van der Waals surface area contributed by atoms with Crippen molar-refractivity contribution in [2.75, 3.05) is 5.32 Å². The second-order valence-electron chi connectivity index (χ2n) is 6.23. The molecule has 0 bridgehead atoms. The highest BCUT2D eigenvalue weighted by molar-refractivity contribution is 7.91. The molecule has 2 aromatic rings. The van der Waals surface area contributed by atoms with Crippen molar-refractivity contribution in [2.45, 2.75) is 37.6 Å². The van der Waals surface area contributed by atoms with Crippen LogP contribution in [0.25, 0.3) is 0 Å². The first-order valence-electron chi connectivity index (χ1n) is 7.72. The van der Waals surface area contributed by atoms with Crippen LogP contribution < -0.4 is 10.6 Å². The summed E-state index contributed by atoms with van der Waals surface area (Å²) in [5.41, 5.74) is 2.04. The van der Waals surface area contributed by atoms with E-state index in [0.29, 0.717) is 17.8 Å². The zero-order valence-corrected chi connectivity index (χ0v) is 14.6. The summed E-state index contributed by atoms with van der Waals surface area (Å²) in [6.45, 7) is 5.73. The van der Waals surface area contributed by atoms with Gasteiger partial charge in [-0.3, -0.25) is 15.2 Å². The molecule has 24 heavy (non-hydrogen) atoms. The molecule has 0 aliphatic carbocycles. The number of benzene rings is 1. The van der Waals surface area contributed by atoms with Crippen molar-refractivity contribution < 1.29 is 13.2 Å². The summed E-state index contributed by atoms with van der Waals surface area (Å²) in [7, 11) is -3.65. The number of sulfone groups is 1. The number of hydrogen-bond acceptors (Lipinski definition) is 5. The van der Waals surface area contributed by atoms with Crippen LogP contribution in [0, 0.1) is 12.8 Å². The van der Waals surface area contributed by atoms with Gasteiger partial charge in [0.15, 0.2) is 15.7 Å². The van der Waals surface area contributed by atoms with Crippen LogP contribution in [0.5, 0.6) is 0 Å². The molecule has 0 saturated carbocycles. The van der Waals surface area contributed by atoms with Crippen molar-refractivity contribution in [2.24, 2.45) is 5.92 Å². The van der Waals surface area contributed by atoms with Crippen molar-refractivity contribution in [3.63, 3.8) is 0 Å². The molecule has 3 N–H and O–H groups in total. The van der Waals surface area contributed by atoms with Crippen molar-refractivity contribution in [3.8, 4) is 0 Å². The molecule has 2 heterocycles. The second-order valence-corrected chi connectivity index (χ2v) is 8.26. The highest BCUT2D eigenvalue weighted by Gasteiger charge is 2.39. The van der Waals surface area contributed by atoms with E-state index in [9.17, 15) is 13.2 Å². The number of aryl methyl sites for hydroxylation is 1. The SMILES string of the molecule is Cc1cccc(S(=O)(=O)C2NCc3[nH]nc(NC(=O)C(C)C)c32)c1. The number of nitrogens with one attached hydrogen (secondary N) is 3. The summed E-state index contributed by atoms with van der Waals surface area (Å²) in [5.74, 6) is -0.156. The van der Waals surface area contributed by atoms with Crippen LogP contribution in [0.15, 0.2) is 29.2 Å². The van der Waals surface area contributed by atoms with Crippen molar-refractivity contribution in [3.05, 3.63) is 41.1 Å². The van der Waals surface area contributed by atoms with Crippen LogP contribution >= 0.6 is 0 Å². The molecule has 1 aliphatic heterocycles. The molecule has 0 spiro atoms. The number of aromatic amines is 1. The van der Waals surface area contributed by atoms with Gasteiger partial charge in [-0.2, -0.15) is 5.10 Å². The number of carbonyl (C=O) groups is 1. The van der Waals surface area contributed by atoms with Gasteiger partial charge in [-0.1, -0.05) is 26.0 Å². The Labute approximate surface area is 140 Å². The normalized spacial score (nSPS) is 17.1. The maximum Gasteiger partial charge on any atom is 0.228 e. The average molecular weight is 348 g/mol. The number of aromatic nitrogens is 2. The van der Waals surface area contributed by atoms with E-state index in [0.717, 1.165) is 5.56 Å². The molecular formula is C16H20N4O3S. The number of nitrogens with zero attached hydrogens (tertiary/aromatic N) is 1. The molecule has 1 amide bonds. The van der Waals surface area contributed by atoms with Gasteiger partial charge in [0, 0.05) is 12.5 Å². The van der Waals surface area contributed by atoms with Gasteiger partial charge < -0.3 is 5.32 Å². The maximum absolute atomic E-state index is 13.0. The Kier molecular flexibility index (Phi) is 4.18. The Morgan fingerprint density at radius 1 is 1.38 bits per heavy atom. The summed E-state index contributed by atoms with van der Waals surface area (Å²) in [6, 6.07) is 6.78. The maximum atomic E-state index is 13.0. The molecule has 128 valence electrons. The number of anilines is 1. The molecular weight excluding hydrogens is 328 g/mol. The topological polar surface area (TPSA) is 104 Å². The van der Waals surface area contributed by atoms with E-state index < -0.39 is 15.2 Å². The predicted octanol–water partition coefficient (Wildman–Crippen LogP) is 1.89. The summed E-state index contributed by atoms with van der Waals surface area (Å²) in [5, 5.41) is 11.6. The minimum Gasteiger partial charge on any atom is -0.309 e. The highest BCUT2D eigenvalue weighted by Crippen LogP contribution is 2.37. The smallest absolute Gasteiger partial charge is 0.228 e. The minimum absolute atomic E-state index is 0.206. The van der Waals surface area contributed by atoms with Crippen LogP contribution in [-0.2, 0) is 21.2 Å². The fraction of sp³-hybridized carbons (Fsp3) is 0.375. The lowest BCUT2D eigenvalue weighted by Crippen LogP contribution is -2.25. The third-order valence-electron chi connectivity index (χ3n) is 4.00. The number of H-pyrrole nitrogens is 1. The van der Waals surface area contributed by atoms with E-state index in [1.54, 1.807) is 32.0 Å². The Balaban J connectivity index is 2.00. The zero-order valence-electron chi connectivity index (χ0n) is 13.8. The summed E-state index contributed by atoms with van der Waals surface area (Å²) < 4.78 is 26.0. The van der Waals surface area contributed by atoms with Crippen LogP contribution in [0.1, 0.15) is 36.0 Å². The summed E-state index contributed by atoms with van der Waals surface area (Å²) in [4.78, 5) is 12.2. The monoisotopic (exact) mass is 348 g/mol. The first kappa shape index (κ1) is 16.7. The molecule has 0 radical (unpaired) electrons. The third kappa shape index (κ3) is 2.83. The van der Waals surface area contributed by atoms with E-state index in [1.807, 2.05) is 13.0 Å². The molecule has 1 unspecified atom stereocenters. The lowest BCUT2D eigenvalue weighted by atomic mass is 10.2. The lowest BCUT2D eigenvalue weighted by Gasteiger charge is -2.15. The van der Waals surface area contributed by atoms with E-state index in [4.69, 9.17) is 0 Å². The van der Waals surface area contributed by atoms with E-state index in [-0.39, 0.29) is 22.5 Å². The van der Waals surface area contributed by atoms with Gasteiger partial charge >= 0.3 is 0 Å². The quantitative estimate of drug-likeness (QED) is 0.783. The van der Waals surface area contributed by atoms with Crippen molar-refractivity contribution >= 4 is 21.6 Å². The van der Waals surface area contributed by atoms with Gasteiger partial charge in [-0.15, -0.1) is 0 Å². The van der Waals surface area contributed by atoms with E-state index >= 15 is 0 Å². The van der Waals surface area contributed by atoms with Crippen LogP contribution in [0.3, 0.4) is 0 Å². The first-order valence-corrected chi connectivity index (χ1v) is 9.27. The molecule has 0 saturated heterocycles. The standard InChI is InChI=1S/C16H20N4O3S/c1-9(2)15(21)18-14-13-12(19-20-14)8-17-16(13)24(22,23)11-6-4-5-10(3)7-11/h4-7,9,16-17H,8H2,1-3H3,(H2,18,19,20,21). The van der Waals surface area contributed by atoms with Gasteiger partial charge in [-0.25, -0.2) is 8.42 Å². The number of rotatable bonds is 4. The number of carbonyl (C=O) groups excluding carboxylic acids is 1. The number of hydrogen-bond donors (Lipinski definition) is 3. The van der Waals surface area contributed by atoms with Crippen molar-refractivity contribution in [1.29, 1.82) is 0 Å². The Morgan fingerprint density at radius 3 is 2.79 bits per heavy atom. The fourth-order valence-electron chi connectivity index (χ4n) is 2.65. The van der Waals surface area contributed by atoms with Gasteiger partial charge in [0.05, 0.1) is 16.2 Å². The molecule has 0 fully saturated rings. The second kappa shape index (κ2) is 6.03. The number of fused-ring (bicyclic) bond motifs is 1. The summed E-state index contributed by atoms with van der Waals surface area (Å²) in [6.07, 6.45) is 0. The minimum atomic E-state index is -3.65. The molecule has 1 aromatic carbocycles. The Morgan fingerprint density at radius 2 is 2.12 bits per heavy atom. The van der Waals surface area contributed by atoms with Gasteiger partial charge in [0.1, 0.15) is 5.37 Å². The fourth-order valence-corrected chi connectivity index (χ4v) is 4.41. The number of amides is 1. The van der Waals surface area contributed by atoms with Crippen LogP contribution in [-0.4, -0.2) is 24.5 Å². The molecule has 1 aromatic heterocycles. The predicted molar refractivity (Wildman–Crippen MR) is 90.0 cm³/mol. The largest absolute Gasteiger partial charge is 0.309 e. The van der Waals surface area contributed by atoms with Gasteiger partial charge in [-0.05, 0) is 24.6 Å². The summed E-state index contributed by atoms with van der Waals surface area (Å²) >= 11 is 0. The van der Waals surface area contributed by atoms with Crippen LogP contribution in [0.4, 0.5) is 5.82 Å². The van der Waals surface area contributed by atoms with Crippen LogP contribution in [0.2, 0.25) is 0 Å². The molecule has 8 heteroatoms. The molecule has 3 rings (SSSR count). The zero-order chi connectivity index (χ0) is 17.5. The molecule has 1 aliphatic rings. The highest BCUT2D eigenvalue weighted by atomic mass is 32.2. The Hall–Kier alpha value is -2.19.